The van der Waals surface area contributed by atoms with Gasteiger partial charge in [0.1, 0.15) is 36.8 Å². The van der Waals surface area contributed by atoms with Crippen molar-refractivity contribution in [1.29, 1.82) is 0 Å². The molecule has 0 saturated heterocycles. The molecule has 0 radical (unpaired) electrons. The largest absolute Gasteiger partial charge is 0.481 e. The topological polar surface area (TPSA) is 466 Å². The van der Waals surface area contributed by atoms with Gasteiger partial charge in [0, 0.05) is 18.6 Å². The molecule has 0 aromatic heterocycles. The number of aliphatic carboxylic acids is 5. The molecule has 0 saturated carbocycles. The lowest BCUT2D eigenvalue weighted by molar-refractivity contribution is -0.142. The van der Waals surface area contributed by atoms with Crippen LogP contribution in [-0.2, 0) is 62.3 Å². The van der Waals surface area contributed by atoms with E-state index in [0.717, 1.165) is 0 Å². The molecular formula is C30H45N9O19S. The van der Waals surface area contributed by atoms with E-state index in [4.69, 9.17) is 26.2 Å². The number of amides is 8. The van der Waals surface area contributed by atoms with Crippen LogP contribution in [0.25, 0.3) is 0 Å². The quantitative estimate of drug-likeness (QED) is 0.0310. The fourth-order valence-corrected chi connectivity index (χ4v) is 4.47. The maximum absolute atomic E-state index is 13.2. The summed E-state index contributed by atoms with van der Waals surface area (Å²) in [5.74, 6) is -17.4. The van der Waals surface area contributed by atoms with Gasteiger partial charge in [0.15, 0.2) is 0 Å². The van der Waals surface area contributed by atoms with Gasteiger partial charge in [-0.1, -0.05) is 0 Å². The first-order chi connectivity index (χ1) is 27.5. The molecule has 330 valence electrons. The average Bonchev–Trinajstić information content (AvgIpc) is 3.15. The zero-order valence-corrected chi connectivity index (χ0v) is 31.7. The Labute approximate surface area is 337 Å². The predicted molar refractivity (Wildman–Crippen MR) is 193 cm³/mol. The van der Waals surface area contributed by atoms with Gasteiger partial charge in [-0.15, -0.1) is 0 Å². The summed E-state index contributed by atoms with van der Waals surface area (Å²) in [6.45, 7) is -3.89. The van der Waals surface area contributed by atoms with Gasteiger partial charge in [-0.2, -0.15) is 12.6 Å². The summed E-state index contributed by atoms with van der Waals surface area (Å²) >= 11 is 3.82. The molecule has 0 bridgehead atoms. The Morgan fingerprint density at radius 1 is 0.441 bits per heavy atom. The highest BCUT2D eigenvalue weighted by Crippen LogP contribution is 2.05. The summed E-state index contributed by atoms with van der Waals surface area (Å²) in [7, 11) is 0. The lowest BCUT2D eigenvalue weighted by Crippen LogP contribution is -2.59. The molecule has 0 aliphatic carbocycles. The summed E-state index contributed by atoms with van der Waals surface area (Å²) in [6, 6.07) is -10.6. The Morgan fingerprint density at radius 2 is 0.797 bits per heavy atom. The van der Waals surface area contributed by atoms with Crippen LogP contribution in [0.1, 0.15) is 38.5 Å². The maximum atomic E-state index is 13.2. The van der Waals surface area contributed by atoms with Crippen molar-refractivity contribution < 1.29 is 93.0 Å². The normalized spacial score (nSPS) is 13.5. The van der Waals surface area contributed by atoms with Gasteiger partial charge in [0.2, 0.25) is 47.3 Å². The number of hydrogen-bond donors (Lipinski definition) is 16. The lowest BCUT2D eigenvalue weighted by atomic mass is 10.1. The number of aliphatic hydroxyl groups is 1. The fourth-order valence-electron chi connectivity index (χ4n) is 4.30. The first-order valence-electron chi connectivity index (χ1n) is 16.9. The molecule has 0 unspecified atom stereocenters. The molecule has 29 heteroatoms. The number of carboxylic acids is 5. The lowest BCUT2D eigenvalue weighted by Gasteiger charge is -2.25. The SMILES string of the molecule is N[C@@H](CS)C(=O)NCC(=O)N[C@@H](CC(=O)O)C(=O)NCC(=O)N[C@@H](CO)C(=O)N[C@@H](CC(=O)O)C(=O)N[C@@H](CCC(=O)O)C(=O)N[C@@H](CCC(=O)O)C(=O)NCC(=O)O. The van der Waals surface area contributed by atoms with Crippen molar-refractivity contribution >= 4 is 89.7 Å². The highest BCUT2D eigenvalue weighted by molar-refractivity contribution is 7.80. The van der Waals surface area contributed by atoms with Crippen molar-refractivity contribution in [2.24, 2.45) is 5.73 Å². The van der Waals surface area contributed by atoms with Crippen LogP contribution in [-0.4, -0.2) is 176 Å². The van der Waals surface area contributed by atoms with E-state index >= 15 is 0 Å². The second kappa shape index (κ2) is 27.1. The van der Waals surface area contributed by atoms with E-state index in [1.54, 1.807) is 0 Å². The van der Waals surface area contributed by atoms with Gasteiger partial charge >= 0.3 is 29.8 Å². The van der Waals surface area contributed by atoms with Crippen LogP contribution in [0.3, 0.4) is 0 Å². The highest BCUT2D eigenvalue weighted by Gasteiger charge is 2.33. The molecule has 28 nitrogen and oxygen atoms in total. The predicted octanol–water partition coefficient (Wildman–Crippen LogP) is -8.23. The average molecular weight is 868 g/mol. The molecule has 16 N–H and O–H groups in total. The third kappa shape index (κ3) is 22.6. The Morgan fingerprint density at radius 3 is 1.22 bits per heavy atom. The molecule has 0 spiro atoms. The minimum Gasteiger partial charge on any atom is -0.481 e. The second-order valence-electron chi connectivity index (χ2n) is 12.0. The van der Waals surface area contributed by atoms with Gasteiger partial charge in [-0.3, -0.25) is 62.3 Å². The summed E-state index contributed by atoms with van der Waals surface area (Å²) in [5.41, 5.74) is 5.45. The Balaban J connectivity index is 5.85. The van der Waals surface area contributed by atoms with E-state index in [0.29, 0.717) is 0 Å². The molecule has 6 atom stereocenters. The van der Waals surface area contributed by atoms with Crippen LogP contribution >= 0.6 is 12.6 Å². The minimum absolute atomic E-state index is 0.0718. The number of thiol groups is 1. The second-order valence-corrected chi connectivity index (χ2v) is 12.4. The number of nitrogens with two attached hydrogens (primary N) is 1. The molecule has 0 heterocycles. The Hall–Kier alpha value is -6.62. The number of carboxylic acid groups (broad SMARTS) is 5. The van der Waals surface area contributed by atoms with Crippen molar-refractivity contribution in [2.75, 3.05) is 32.0 Å². The molecule has 0 aromatic carbocycles. The summed E-state index contributed by atoms with van der Waals surface area (Å²) in [6.07, 6.45) is -5.07. The van der Waals surface area contributed by atoms with Crippen molar-refractivity contribution in [2.45, 2.75) is 74.8 Å². The molecular weight excluding hydrogens is 822 g/mol. The Kier molecular flexibility index (Phi) is 24.1. The van der Waals surface area contributed by atoms with Crippen LogP contribution in [0.4, 0.5) is 0 Å². The zero-order valence-electron chi connectivity index (χ0n) is 30.8. The van der Waals surface area contributed by atoms with Crippen molar-refractivity contribution in [1.82, 2.24) is 42.5 Å². The van der Waals surface area contributed by atoms with Crippen LogP contribution in [0.2, 0.25) is 0 Å². The first kappa shape index (κ1) is 52.4. The smallest absolute Gasteiger partial charge is 0.322 e. The Bertz CT molecular complexity index is 1610. The molecule has 59 heavy (non-hydrogen) atoms. The summed E-state index contributed by atoms with van der Waals surface area (Å²) in [4.78, 5) is 157. The molecule has 0 fully saturated rings. The number of aliphatic hydroxyl groups excluding tert-OH is 1. The van der Waals surface area contributed by atoms with Gasteiger partial charge in [0.05, 0.1) is 38.6 Å². The van der Waals surface area contributed by atoms with E-state index in [1.165, 1.54) is 0 Å². The maximum Gasteiger partial charge on any atom is 0.322 e. The van der Waals surface area contributed by atoms with E-state index in [9.17, 15) is 72.5 Å². The van der Waals surface area contributed by atoms with Gasteiger partial charge in [-0.05, 0) is 12.8 Å². The number of nitrogens with one attached hydrogen (secondary N) is 8. The van der Waals surface area contributed by atoms with E-state index in [1.807, 2.05) is 31.9 Å². The number of hydrogen-bond acceptors (Lipinski definition) is 16. The number of rotatable bonds is 29. The van der Waals surface area contributed by atoms with Crippen molar-refractivity contribution in [3.8, 4) is 0 Å². The third-order valence-electron chi connectivity index (χ3n) is 7.23. The standard InChI is InChI=1S/C30H45N9O19S/c31-12(11-59)25(53)32-7-18(41)35-15(5-22(47)48)27(55)33-8-19(42)36-17(10-40)30(58)39-16(6-23(49)50)29(57)38-14(2-4-21(45)46)28(56)37-13(1-3-20(43)44)26(54)34-9-24(51)52/h12-17,40,59H,1-11,31H2,(H,32,53)(H,33,55)(H,34,54)(H,35,41)(H,36,42)(H,37,56)(H,38,57)(H,39,58)(H,43,44)(H,45,46)(H,47,48)(H,49,50)(H,51,52)/t12-,13-,14-,15-,16-,17-/m0/s1. The molecule has 0 rings (SSSR count). The molecule has 0 aromatic rings. The van der Waals surface area contributed by atoms with Gasteiger partial charge < -0.3 is 78.9 Å². The molecule has 0 aliphatic rings. The minimum atomic E-state index is -2.11. The van der Waals surface area contributed by atoms with Crippen LogP contribution in [0.15, 0.2) is 0 Å². The number of carbonyl (C=O) groups excluding carboxylic acids is 8. The fraction of sp³-hybridized carbons (Fsp3) is 0.567. The third-order valence-corrected chi connectivity index (χ3v) is 7.62. The monoisotopic (exact) mass is 867 g/mol. The van der Waals surface area contributed by atoms with Crippen molar-refractivity contribution in [3.05, 3.63) is 0 Å². The van der Waals surface area contributed by atoms with E-state index < -0.39 is 178 Å². The van der Waals surface area contributed by atoms with Crippen LogP contribution < -0.4 is 48.3 Å². The van der Waals surface area contributed by atoms with Gasteiger partial charge in [-0.25, -0.2) is 0 Å². The zero-order chi connectivity index (χ0) is 45.4. The highest BCUT2D eigenvalue weighted by atomic mass is 32.1. The van der Waals surface area contributed by atoms with Crippen molar-refractivity contribution in [3.63, 3.8) is 0 Å². The molecule has 8 amide bonds. The van der Waals surface area contributed by atoms with E-state index in [-0.39, 0.29) is 5.75 Å². The van der Waals surface area contributed by atoms with E-state index in [2.05, 4.69) is 23.3 Å². The number of carbonyl (C=O) groups is 13. The van der Waals surface area contributed by atoms with Crippen LogP contribution in [0.5, 0.6) is 0 Å². The molecule has 0 aliphatic heterocycles. The van der Waals surface area contributed by atoms with Gasteiger partial charge in [0.25, 0.3) is 0 Å². The van der Waals surface area contributed by atoms with Crippen LogP contribution in [0, 0.1) is 0 Å². The first-order valence-corrected chi connectivity index (χ1v) is 17.5. The summed E-state index contributed by atoms with van der Waals surface area (Å²) in [5, 5.41) is 71.2. The summed E-state index contributed by atoms with van der Waals surface area (Å²) < 4.78 is 0.